The van der Waals surface area contributed by atoms with Gasteiger partial charge in [-0.3, -0.25) is 0 Å². The van der Waals surface area contributed by atoms with Crippen molar-refractivity contribution in [3.8, 4) is 5.75 Å². The van der Waals surface area contributed by atoms with Gasteiger partial charge in [-0.25, -0.2) is 4.79 Å². The van der Waals surface area contributed by atoms with E-state index in [1.165, 1.54) is 0 Å². The molecule has 1 atom stereocenters. The third kappa shape index (κ3) is 4.22. The van der Waals surface area contributed by atoms with Crippen LogP contribution in [0.15, 0.2) is 48.5 Å². The minimum absolute atomic E-state index is 0.0443. The Morgan fingerprint density at radius 3 is 2.54 bits per heavy atom. The molecule has 26 heavy (non-hydrogen) atoms. The molecule has 2 aromatic carbocycles. The number of ether oxygens (including phenoxy) is 1. The zero-order valence-electron chi connectivity index (χ0n) is 15.1. The van der Waals surface area contributed by atoms with Crippen molar-refractivity contribution in [2.24, 2.45) is 0 Å². The van der Waals surface area contributed by atoms with Crippen LogP contribution in [-0.4, -0.2) is 44.2 Å². The highest BCUT2D eigenvalue weighted by molar-refractivity contribution is 6.30. The van der Waals surface area contributed by atoms with E-state index in [0.717, 1.165) is 30.1 Å². The monoisotopic (exact) mass is 373 g/mol. The average Bonchev–Trinajstić information content (AvgIpc) is 2.68. The van der Waals surface area contributed by atoms with Gasteiger partial charge < -0.3 is 19.9 Å². The molecular formula is C20H24ClN3O2. The normalized spacial score (nSPS) is 15.5. The van der Waals surface area contributed by atoms with Gasteiger partial charge in [-0.1, -0.05) is 35.9 Å². The number of carbonyl (C=O) groups excluding carboxylic acids is 1. The Morgan fingerprint density at radius 1 is 1.12 bits per heavy atom. The van der Waals surface area contributed by atoms with Crippen LogP contribution >= 0.6 is 11.6 Å². The number of rotatable bonds is 4. The molecule has 2 aromatic rings. The topological polar surface area (TPSA) is 44.8 Å². The van der Waals surface area contributed by atoms with Crippen LogP contribution in [0.25, 0.3) is 0 Å². The molecule has 0 aromatic heterocycles. The number of methoxy groups -OCH3 is 1. The highest BCUT2D eigenvalue weighted by Crippen LogP contribution is 2.28. The van der Waals surface area contributed by atoms with E-state index < -0.39 is 0 Å². The fraction of sp³-hybridized carbons (Fsp3) is 0.350. The number of nitrogens with zero attached hydrogens (tertiary/aromatic N) is 2. The van der Waals surface area contributed by atoms with Crippen LogP contribution in [-0.2, 0) is 0 Å². The predicted molar refractivity (Wildman–Crippen MR) is 105 cm³/mol. The molecule has 1 N–H and O–H groups in total. The van der Waals surface area contributed by atoms with Gasteiger partial charge in [0.25, 0.3) is 0 Å². The first-order valence-corrected chi connectivity index (χ1v) is 9.15. The maximum Gasteiger partial charge on any atom is 0.317 e. The summed E-state index contributed by atoms with van der Waals surface area (Å²) >= 11 is 6.03. The number of halogens is 1. The average molecular weight is 374 g/mol. The van der Waals surface area contributed by atoms with Gasteiger partial charge in [-0.05, 0) is 36.8 Å². The lowest BCUT2D eigenvalue weighted by Crippen LogP contribution is -2.52. The molecule has 1 heterocycles. The van der Waals surface area contributed by atoms with Crippen LogP contribution in [0.1, 0.15) is 18.5 Å². The van der Waals surface area contributed by atoms with E-state index in [9.17, 15) is 4.79 Å². The molecule has 1 saturated heterocycles. The molecule has 0 spiro atoms. The second-order valence-corrected chi connectivity index (χ2v) is 6.81. The zero-order valence-corrected chi connectivity index (χ0v) is 15.9. The second-order valence-electron chi connectivity index (χ2n) is 6.37. The van der Waals surface area contributed by atoms with Gasteiger partial charge in [0, 0.05) is 31.2 Å². The molecule has 0 radical (unpaired) electrons. The predicted octanol–water partition coefficient (Wildman–Crippen LogP) is 3.94. The number of hydrogen-bond donors (Lipinski definition) is 1. The van der Waals surface area contributed by atoms with Crippen LogP contribution in [0.4, 0.5) is 10.5 Å². The zero-order chi connectivity index (χ0) is 18.5. The van der Waals surface area contributed by atoms with Gasteiger partial charge in [0.2, 0.25) is 0 Å². The molecule has 1 aliphatic rings. The molecule has 2 amide bonds. The first kappa shape index (κ1) is 18.4. The highest BCUT2D eigenvalue weighted by Gasteiger charge is 2.23. The van der Waals surface area contributed by atoms with Crippen LogP contribution in [0.2, 0.25) is 5.02 Å². The highest BCUT2D eigenvalue weighted by atomic mass is 35.5. The third-order valence-corrected chi connectivity index (χ3v) is 4.92. The summed E-state index contributed by atoms with van der Waals surface area (Å²) < 4.78 is 5.44. The van der Waals surface area contributed by atoms with Gasteiger partial charge in [-0.15, -0.1) is 0 Å². The van der Waals surface area contributed by atoms with E-state index in [-0.39, 0.29) is 12.1 Å². The number of anilines is 1. The summed E-state index contributed by atoms with van der Waals surface area (Å²) in [5, 5.41) is 3.73. The van der Waals surface area contributed by atoms with Crippen molar-refractivity contribution in [3.63, 3.8) is 0 Å². The fourth-order valence-corrected chi connectivity index (χ4v) is 3.38. The summed E-state index contributed by atoms with van der Waals surface area (Å²) in [6.07, 6.45) is 0. The van der Waals surface area contributed by atoms with Crippen LogP contribution in [0, 0.1) is 0 Å². The molecule has 0 saturated carbocycles. The molecule has 0 bridgehead atoms. The summed E-state index contributed by atoms with van der Waals surface area (Å²) in [6.45, 7) is 4.87. The van der Waals surface area contributed by atoms with Crippen LogP contribution in [0.5, 0.6) is 5.75 Å². The van der Waals surface area contributed by atoms with Crippen molar-refractivity contribution < 1.29 is 9.53 Å². The quantitative estimate of drug-likeness (QED) is 0.882. The third-order valence-electron chi connectivity index (χ3n) is 4.68. The molecule has 3 rings (SSSR count). The number of nitrogens with one attached hydrogen (secondary N) is 1. The van der Waals surface area contributed by atoms with Crippen molar-refractivity contribution in [2.75, 3.05) is 38.2 Å². The van der Waals surface area contributed by atoms with Gasteiger partial charge in [0.15, 0.2) is 0 Å². The maximum absolute atomic E-state index is 12.6. The number of amides is 2. The summed E-state index contributed by atoms with van der Waals surface area (Å²) in [7, 11) is 1.68. The van der Waals surface area contributed by atoms with Crippen molar-refractivity contribution in [1.29, 1.82) is 0 Å². The number of urea groups is 1. The smallest absolute Gasteiger partial charge is 0.317 e. The van der Waals surface area contributed by atoms with Crippen LogP contribution < -0.4 is 15.0 Å². The first-order valence-electron chi connectivity index (χ1n) is 8.77. The van der Waals surface area contributed by atoms with Crippen molar-refractivity contribution in [2.45, 2.75) is 13.0 Å². The van der Waals surface area contributed by atoms with E-state index in [4.69, 9.17) is 16.3 Å². The van der Waals surface area contributed by atoms with Crippen molar-refractivity contribution >= 4 is 23.3 Å². The SMILES string of the molecule is COc1ccccc1N1CCN(C(=O)NC(C)c2cccc(Cl)c2)CC1. The standard InChI is InChI=1S/C20H24ClN3O2/c1-15(16-6-5-7-17(21)14-16)22-20(25)24-12-10-23(11-13-24)18-8-3-4-9-19(18)26-2/h3-9,14-15H,10-13H2,1-2H3,(H,22,25). The Labute approximate surface area is 159 Å². The number of hydrogen-bond acceptors (Lipinski definition) is 3. The Hall–Kier alpha value is -2.40. The van der Waals surface area contributed by atoms with E-state index in [1.54, 1.807) is 7.11 Å². The lowest BCUT2D eigenvalue weighted by molar-refractivity contribution is 0.191. The maximum atomic E-state index is 12.6. The van der Waals surface area contributed by atoms with Gasteiger partial charge in [-0.2, -0.15) is 0 Å². The second kappa shape index (κ2) is 8.32. The summed E-state index contributed by atoms with van der Waals surface area (Å²) in [6, 6.07) is 15.4. The molecule has 6 heteroatoms. The van der Waals surface area contributed by atoms with E-state index in [1.807, 2.05) is 54.3 Å². The Morgan fingerprint density at radius 2 is 1.85 bits per heavy atom. The lowest BCUT2D eigenvalue weighted by Gasteiger charge is -2.37. The fourth-order valence-electron chi connectivity index (χ4n) is 3.18. The van der Waals surface area contributed by atoms with Crippen molar-refractivity contribution in [3.05, 3.63) is 59.1 Å². The van der Waals surface area contributed by atoms with E-state index >= 15 is 0 Å². The molecule has 5 nitrogen and oxygen atoms in total. The van der Waals surface area contributed by atoms with Crippen molar-refractivity contribution in [1.82, 2.24) is 10.2 Å². The molecule has 1 aliphatic heterocycles. The largest absolute Gasteiger partial charge is 0.495 e. The van der Waals surface area contributed by atoms with E-state index in [0.29, 0.717) is 18.1 Å². The molecule has 0 aliphatic carbocycles. The number of para-hydroxylation sites is 2. The molecule has 138 valence electrons. The van der Waals surface area contributed by atoms with Gasteiger partial charge >= 0.3 is 6.03 Å². The summed E-state index contributed by atoms with van der Waals surface area (Å²) in [5.41, 5.74) is 2.07. The van der Waals surface area contributed by atoms with E-state index in [2.05, 4.69) is 16.3 Å². The number of carbonyl (C=O) groups is 1. The number of benzene rings is 2. The summed E-state index contributed by atoms with van der Waals surface area (Å²) in [4.78, 5) is 16.7. The molecular weight excluding hydrogens is 350 g/mol. The summed E-state index contributed by atoms with van der Waals surface area (Å²) in [5.74, 6) is 0.861. The molecule has 1 unspecified atom stereocenters. The van der Waals surface area contributed by atoms with Gasteiger partial charge in [0.1, 0.15) is 5.75 Å². The molecule has 1 fully saturated rings. The minimum Gasteiger partial charge on any atom is -0.495 e. The Balaban J connectivity index is 1.57. The van der Waals surface area contributed by atoms with Crippen LogP contribution in [0.3, 0.4) is 0 Å². The number of piperazine rings is 1. The van der Waals surface area contributed by atoms with Gasteiger partial charge in [0.05, 0.1) is 18.8 Å². The minimum atomic E-state index is -0.0894. The lowest BCUT2D eigenvalue weighted by atomic mass is 10.1. The Kier molecular flexibility index (Phi) is 5.89. The first-order chi connectivity index (χ1) is 12.6. The Bertz CT molecular complexity index is 760.